The van der Waals surface area contributed by atoms with E-state index in [-0.39, 0.29) is 0 Å². The lowest BCUT2D eigenvalue weighted by Crippen LogP contribution is -2.16. The van der Waals surface area contributed by atoms with Crippen LogP contribution in [0, 0.1) is 11.8 Å². The lowest BCUT2D eigenvalue weighted by atomic mass is 10.0. The minimum absolute atomic E-state index is 0.328. The van der Waals surface area contributed by atoms with Gasteiger partial charge in [0.2, 0.25) is 0 Å². The zero-order valence-electron chi connectivity index (χ0n) is 12.9. The molecule has 110 valence electrons. The highest BCUT2D eigenvalue weighted by atomic mass is 16.5. The largest absolute Gasteiger partial charge is 0.501 e. The van der Waals surface area contributed by atoms with E-state index in [0.29, 0.717) is 12.0 Å². The summed E-state index contributed by atoms with van der Waals surface area (Å²) in [6, 6.07) is 0. The molecule has 0 heterocycles. The number of allylic oxidation sites excluding steroid dienone is 5. The van der Waals surface area contributed by atoms with Crippen LogP contribution in [0.1, 0.15) is 46.0 Å². The highest BCUT2D eigenvalue weighted by molar-refractivity contribution is 5.50. The van der Waals surface area contributed by atoms with E-state index in [1.54, 1.807) is 12.7 Å². The second-order valence-electron chi connectivity index (χ2n) is 6.66. The van der Waals surface area contributed by atoms with Crippen molar-refractivity contribution in [3.05, 3.63) is 34.6 Å². The van der Waals surface area contributed by atoms with E-state index in [4.69, 9.17) is 9.47 Å². The zero-order chi connectivity index (χ0) is 14.1. The maximum Gasteiger partial charge on any atom is 0.0997 e. The van der Waals surface area contributed by atoms with Crippen molar-refractivity contribution in [1.29, 1.82) is 0 Å². The molecule has 2 heteroatoms. The Morgan fingerprint density at radius 1 is 1.30 bits per heavy atom. The number of hydrogen-bond acceptors (Lipinski definition) is 2. The van der Waals surface area contributed by atoms with Crippen LogP contribution in [0.25, 0.3) is 0 Å². The summed E-state index contributed by atoms with van der Waals surface area (Å²) >= 11 is 0. The van der Waals surface area contributed by atoms with Crippen molar-refractivity contribution in [3.8, 4) is 0 Å². The first kappa shape index (κ1) is 13.9. The molecule has 0 aromatic carbocycles. The number of ether oxygens (including phenoxy) is 2. The van der Waals surface area contributed by atoms with E-state index in [2.05, 4.69) is 26.0 Å². The molecule has 0 amide bonds. The van der Waals surface area contributed by atoms with Crippen molar-refractivity contribution in [2.75, 3.05) is 13.7 Å². The van der Waals surface area contributed by atoms with Crippen LogP contribution in [0.3, 0.4) is 0 Å². The van der Waals surface area contributed by atoms with Gasteiger partial charge in [-0.1, -0.05) is 19.9 Å². The molecule has 0 spiro atoms. The smallest absolute Gasteiger partial charge is 0.0997 e. The Morgan fingerprint density at radius 3 is 2.90 bits per heavy atom. The van der Waals surface area contributed by atoms with E-state index in [0.717, 1.165) is 31.1 Å². The summed E-state index contributed by atoms with van der Waals surface area (Å²) < 4.78 is 11.7. The molecule has 0 aliphatic heterocycles. The minimum atomic E-state index is 0.328. The molecule has 0 bridgehead atoms. The third-order valence-electron chi connectivity index (χ3n) is 4.86. The molecule has 3 rings (SSSR count). The van der Waals surface area contributed by atoms with Crippen molar-refractivity contribution < 1.29 is 9.47 Å². The van der Waals surface area contributed by atoms with Gasteiger partial charge in [0.05, 0.1) is 19.0 Å². The summed E-state index contributed by atoms with van der Waals surface area (Å²) in [6.07, 6.45) is 10.6. The van der Waals surface area contributed by atoms with Crippen LogP contribution >= 0.6 is 0 Å². The van der Waals surface area contributed by atoms with Crippen LogP contribution in [0.4, 0.5) is 0 Å². The first-order chi connectivity index (χ1) is 9.69. The Labute approximate surface area is 122 Å². The Hall–Kier alpha value is -1.02. The second-order valence-corrected chi connectivity index (χ2v) is 6.66. The van der Waals surface area contributed by atoms with Crippen LogP contribution in [0.5, 0.6) is 0 Å². The molecule has 3 aliphatic rings. The number of rotatable bonds is 5. The van der Waals surface area contributed by atoms with Gasteiger partial charge in [-0.15, -0.1) is 0 Å². The Kier molecular flexibility index (Phi) is 4.02. The third-order valence-corrected chi connectivity index (χ3v) is 4.86. The maximum atomic E-state index is 6.22. The Bertz CT molecular complexity index is 468. The SMILES string of the molecule is COC1=CC=C2CC[C@H]3C[C@@H](OCCC(C)C)C(=C23)C1. The van der Waals surface area contributed by atoms with Gasteiger partial charge < -0.3 is 9.47 Å². The molecule has 0 unspecified atom stereocenters. The molecule has 0 aromatic heterocycles. The van der Waals surface area contributed by atoms with Crippen LogP contribution in [0.15, 0.2) is 34.6 Å². The average Bonchev–Trinajstić information content (AvgIpc) is 2.88. The van der Waals surface area contributed by atoms with E-state index in [1.807, 2.05) is 0 Å². The van der Waals surface area contributed by atoms with Crippen LogP contribution in [0.2, 0.25) is 0 Å². The fourth-order valence-electron chi connectivity index (χ4n) is 3.73. The van der Waals surface area contributed by atoms with Crippen molar-refractivity contribution in [3.63, 3.8) is 0 Å². The van der Waals surface area contributed by atoms with Crippen molar-refractivity contribution in [2.24, 2.45) is 11.8 Å². The highest BCUT2D eigenvalue weighted by Gasteiger charge is 2.39. The van der Waals surface area contributed by atoms with E-state index >= 15 is 0 Å². The molecule has 1 saturated carbocycles. The maximum absolute atomic E-state index is 6.22. The molecule has 0 radical (unpaired) electrons. The Morgan fingerprint density at radius 2 is 2.15 bits per heavy atom. The molecule has 0 saturated heterocycles. The van der Waals surface area contributed by atoms with Crippen molar-refractivity contribution in [1.82, 2.24) is 0 Å². The van der Waals surface area contributed by atoms with Gasteiger partial charge in [-0.3, -0.25) is 0 Å². The lowest BCUT2D eigenvalue weighted by molar-refractivity contribution is 0.0625. The summed E-state index contributed by atoms with van der Waals surface area (Å²) in [5.74, 6) is 2.53. The minimum Gasteiger partial charge on any atom is -0.501 e. The molecular formula is C18H26O2. The molecule has 0 aromatic rings. The summed E-state index contributed by atoms with van der Waals surface area (Å²) in [5.41, 5.74) is 4.66. The van der Waals surface area contributed by atoms with Crippen molar-refractivity contribution in [2.45, 2.75) is 52.1 Å². The lowest BCUT2D eigenvalue weighted by Gasteiger charge is -2.18. The van der Waals surface area contributed by atoms with Gasteiger partial charge in [-0.05, 0) is 60.3 Å². The molecule has 2 nitrogen and oxygen atoms in total. The summed E-state index contributed by atoms with van der Waals surface area (Å²) in [6.45, 7) is 5.40. The standard InChI is InChI=1S/C18H26O2/c1-12(2)8-9-20-17-10-14-5-4-13-6-7-15(19-3)11-16(17)18(13)14/h6-7,12,14,17H,4-5,8-11H2,1-3H3/t14-,17+/m0/s1. The van der Waals surface area contributed by atoms with Crippen LogP contribution < -0.4 is 0 Å². The topological polar surface area (TPSA) is 18.5 Å². The molecular weight excluding hydrogens is 248 g/mol. The van der Waals surface area contributed by atoms with Gasteiger partial charge in [-0.25, -0.2) is 0 Å². The van der Waals surface area contributed by atoms with Gasteiger partial charge >= 0.3 is 0 Å². The van der Waals surface area contributed by atoms with Gasteiger partial charge in [0.1, 0.15) is 0 Å². The van der Waals surface area contributed by atoms with E-state index in [9.17, 15) is 0 Å². The molecule has 0 N–H and O–H groups in total. The first-order valence-corrected chi connectivity index (χ1v) is 7.97. The summed E-state index contributed by atoms with van der Waals surface area (Å²) in [5, 5.41) is 0. The fraction of sp³-hybridized carbons (Fsp3) is 0.667. The predicted octanol–water partition coefficient (Wildman–Crippen LogP) is 4.39. The molecule has 3 aliphatic carbocycles. The van der Waals surface area contributed by atoms with Crippen molar-refractivity contribution >= 4 is 0 Å². The van der Waals surface area contributed by atoms with Gasteiger partial charge in [0.25, 0.3) is 0 Å². The van der Waals surface area contributed by atoms with Crippen LogP contribution in [-0.4, -0.2) is 19.8 Å². The predicted molar refractivity (Wildman–Crippen MR) is 81.4 cm³/mol. The fourth-order valence-corrected chi connectivity index (χ4v) is 3.73. The summed E-state index contributed by atoms with van der Waals surface area (Å²) in [4.78, 5) is 0. The van der Waals surface area contributed by atoms with Gasteiger partial charge in [0.15, 0.2) is 0 Å². The molecule has 1 fully saturated rings. The molecule has 2 atom stereocenters. The third kappa shape index (κ3) is 2.58. The molecule has 20 heavy (non-hydrogen) atoms. The van der Waals surface area contributed by atoms with E-state index in [1.165, 1.54) is 30.4 Å². The van der Waals surface area contributed by atoms with Crippen LogP contribution in [-0.2, 0) is 9.47 Å². The monoisotopic (exact) mass is 274 g/mol. The quantitative estimate of drug-likeness (QED) is 0.740. The summed E-state index contributed by atoms with van der Waals surface area (Å²) in [7, 11) is 1.78. The first-order valence-electron chi connectivity index (χ1n) is 7.97. The highest BCUT2D eigenvalue weighted by Crippen LogP contribution is 2.50. The zero-order valence-corrected chi connectivity index (χ0v) is 12.9. The average molecular weight is 274 g/mol. The van der Waals surface area contributed by atoms with E-state index < -0.39 is 0 Å². The second kappa shape index (κ2) is 5.77. The normalized spacial score (nSPS) is 28.4. The van der Waals surface area contributed by atoms with Gasteiger partial charge in [0, 0.05) is 13.0 Å². The Balaban J connectivity index is 1.77. The number of hydrogen-bond donors (Lipinski definition) is 0. The number of methoxy groups -OCH3 is 1. The van der Waals surface area contributed by atoms with Gasteiger partial charge in [-0.2, -0.15) is 0 Å².